The van der Waals surface area contributed by atoms with E-state index in [0.717, 1.165) is 0 Å². The van der Waals surface area contributed by atoms with E-state index in [1.54, 1.807) is 12.1 Å². The van der Waals surface area contributed by atoms with E-state index >= 15 is 0 Å². The first-order valence-corrected chi connectivity index (χ1v) is 5.85. The van der Waals surface area contributed by atoms with E-state index in [0.29, 0.717) is 30.8 Å². The number of ether oxygens (including phenoxy) is 1. The van der Waals surface area contributed by atoms with Crippen molar-refractivity contribution in [1.82, 2.24) is 5.32 Å². The number of halogens is 1. The van der Waals surface area contributed by atoms with Crippen LogP contribution in [0.2, 0.25) is 0 Å². The zero-order chi connectivity index (χ0) is 12.5. The molecule has 2 rings (SSSR count). The Hall–Kier alpha value is -1.13. The second-order valence-corrected chi connectivity index (χ2v) is 4.63. The zero-order valence-corrected chi connectivity index (χ0v) is 10.2. The predicted octanol–water partition coefficient (Wildman–Crippen LogP) is 1.65. The highest BCUT2D eigenvalue weighted by atomic mass is 19.1. The van der Waals surface area contributed by atoms with Crippen molar-refractivity contribution in [3.05, 3.63) is 29.6 Å². The van der Waals surface area contributed by atoms with Gasteiger partial charge >= 0.3 is 0 Å². The maximum absolute atomic E-state index is 14.0. The lowest BCUT2D eigenvalue weighted by atomic mass is 9.77. The fourth-order valence-corrected chi connectivity index (χ4v) is 2.39. The average Bonchev–Trinajstić information content (AvgIpc) is 2.32. The van der Waals surface area contributed by atoms with Crippen LogP contribution in [0.25, 0.3) is 0 Å². The molecule has 1 fully saturated rings. The Morgan fingerprint density at radius 3 is 2.88 bits per heavy atom. The maximum Gasteiger partial charge on any atom is 0.132 e. The highest BCUT2D eigenvalue weighted by molar-refractivity contribution is 5.33. The molecule has 0 spiro atoms. The lowest BCUT2D eigenvalue weighted by Crippen LogP contribution is -2.47. The molecule has 4 heteroatoms. The molecule has 94 valence electrons. The number of methoxy groups -OCH3 is 1. The van der Waals surface area contributed by atoms with E-state index < -0.39 is 11.4 Å². The Kier molecular flexibility index (Phi) is 3.35. The topological polar surface area (TPSA) is 41.5 Å². The Balaban J connectivity index is 2.38. The van der Waals surface area contributed by atoms with Gasteiger partial charge in [-0.15, -0.1) is 0 Å². The number of hydrogen-bond donors (Lipinski definition) is 2. The first-order valence-electron chi connectivity index (χ1n) is 5.85. The number of hydrogen-bond acceptors (Lipinski definition) is 3. The van der Waals surface area contributed by atoms with Crippen molar-refractivity contribution in [3.63, 3.8) is 0 Å². The molecule has 1 aromatic carbocycles. The van der Waals surface area contributed by atoms with E-state index in [4.69, 9.17) is 4.74 Å². The third kappa shape index (κ3) is 2.15. The summed E-state index contributed by atoms with van der Waals surface area (Å²) < 4.78 is 18.9. The molecule has 0 bridgehead atoms. The van der Waals surface area contributed by atoms with E-state index in [9.17, 15) is 9.50 Å². The van der Waals surface area contributed by atoms with Gasteiger partial charge in [0.25, 0.3) is 0 Å². The van der Waals surface area contributed by atoms with Crippen LogP contribution in [0.5, 0.6) is 5.75 Å². The summed E-state index contributed by atoms with van der Waals surface area (Å²) in [6.07, 6.45) is 0.525. The summed E-state index contributed by atoms with van der Waals surface area (Å²) in [5.41, 5.74) is -0.714. The van der Waals surface area contributed by atoms with Gasteiger partial charge in [-0.25, -0.2) is 4.39 Å². The van der Waals surface area contributed by atoms with Crippen molar-refractivity contribution in [1.29, 1.82) is 0 Å². The van der Waals surface area contributed by atoms with Crippen LogP contribution < -0.4 is 10.1 Å². The van der Waals surface area contributed by atoms with Gasteiger partial charge in [0.2, 0.25) is 0 Å². The van der Waals surface area contributed by atoms with Crippen LogP contribution in [0.3, 0.4) is 0 Å². The number of rotatable bonds is 2. The molecule has 2 unspecified atom stereocenters. The molecule has 2 atom stereocenters. The van der Waals surface area contributed by atoms with E-state index in [1.165, 1.54) is 13.2 Å². The minimum Gasteiger partial charge on any atom is -0.497 e. The maximum atomic E-state index is 14.0. The third-order valence-corrected chi connectivity index (χ3v) is 3.59. The summed E-state index contributed by atoms with van der Waals surface area (Å²) in [6, 6.07) is 4.63. The van der Waals surface area contributed by atoms with Crippen LogP contribution in [0, 0.1) is 11.7 Å². The van der Waals surface area contributed by atoms with Gasteiger partial charge in [-0.05, 0) is 25.1 Å². The fraction of sp³-hybridized carbons (Fsp3) is 0.538. The highest BCUT2D eigenvalue weighted by Crippen LogP contribution is 2.37. The molecule has 0 aliphatic carbocycles. The molecule has 0 amide bonds. The van der Waals surface area contributed by atoms with Gasteiger partial charge in [-0.2, -0.15) is 0 Å². The molecule has 0 aromatic heterocycles. The summed E-state index contributed by atoms with van der Waals surface area (Å²) in [5.74, 6) is 0.0520. The van der Waals surface area contributed by atoms with Crippen molar-refractivity contribution in [2.24, 2.45) is 5.92 Å². The second kappa shape index (κ2) is 4.63. The Labute approximate surface area is 101 Å². The van der Waals surface area contributed by atoms with E-state index in [1.807, 2.05) is 6.92 Å². The molecule has 1 heterocycles. The minimum absolute atomic E-state index is 0.0147. The summed E-state index contributed by atoms with van der Waals surface area (Å²) in [6.45, 7) is 3.32. The normalized spacial score (nSPS) is 29.1. The minimum atomic E-state index is -1.08. The molecular formula is C13H18FNO2. The van der Waals surface area contributed by atoms with Crippen molar-refractivity contribution in [3.8, 4) is 5.75 Å². The Morgan fingerprint density at radius 1 is 1.53 bits per heavy atom. The summed E-state index contributed by atoms with van der Waals surface area (Å²) in [7, 11) is 1.50. The molecule has 0 saturated carbocycles. The molecule has 1 aromatic rings. The van der Waals surface area contributed by atoms with Crippen LogP contribution in [0.4, 0.5) is 4.39 Å². The van der Waals surface area contributed by atoms with Crippen molar-refractivity contribution in [2.75, 3.05) is 20.2 Å². The van der Waals surface area contributed by atoms with Crippen LogP contribution >= 0.6 is 0 Å². The Bertz CT molecular complexity index is 410. The summed E-state index contributed by atoms with van der Waals surface area (Å²) in [4.78, 5) is 0. The van der Waals surface area contributed by atoms with Crippen molar-refractivity contribution < 1.29 is 14.2 Å². The smallest absolute Gasteiger partial charge is 0.132 e. The summed E-state index contributed by atoms with van der Waals surface area (Å²) in [5, 5.41) is 13.8. The monoisotopic (exact) mass is 239 g/mol. The number of piperidine rings is 1. The van der Waals surface area contributed by atoms with Gasteiger partial charge in [-0.1, -0.05) is 6.92 Å². The molecule has 17 heavy (non-hydrogen) atoms. The second-order valence-electron chi connectivity index (χ2n) is 4.63. The van der Waals surface area contributed by atoms with Gasteiger partial charge < -0.3 is 15.2 Å². The van der Waals surface area contributed by atoms with Crippen molar-refractivity contribution in [2.45, 2.75) is 18.9 Å². The quantitative estimate of drug-likeness (QED) is 0.824. The number of aliphatic hydroxyl groups is 1. The van der Waals surface area contributed by atoms with Crippen LogP contribution in [-0.2, 0) is 5.60 Å². The number of nitrogens with one attached hydrogen (secondary N) is 1. The van der Waals surface area contributed by atoms with Crippen LogP contribution in [0.1, 0.15) is 18.9 Å². The van der Waals surface area contributed by atoms with E-state index in [-0.39, 0.29) is 5.92 Å². The SMILES string of the molecule is COc1ccc(C2(O)CCNCC2C)c(F)c1. The molecule has 1 saturated heterocycles. The number of benzene rings is 1. The highest BCUT2D eigenvalue weighted by Gasteiger charge is 2.39. The van der Waals surface area contributed by atoms with Gasteiger partial charge in [0.05, 0.1) is 12.7 Å². The van der Waals surface area contributed by atoms with Crippen LogP contribution in [-0.4, -0.2) is 25.3 Å². The summed E-state index contributed by atoms with van der Waals surface area (Å²) >= 11 is 0. The Morgan fingerprint density at radius 2 is 2.29 bits per heavy atom. The molecule has 3 nitrogen and oxygen atoms in total. The van der Waals surface area contributed by atoms with Gasteiger partial charge in [-0.3, -0.25) is 0 Å². The first kappa shape index (κ1) is 12.3. The van der Waals surface area contributed by atoms with Crippen molar-refractivity contribution >= 4 is 0 Å². The molecule has 1 aliphatic heterocycles. The fourth-order valence-electron chi connectivity index (χ4n) is 2.39. The average molecular weight is 239 g/mol. The third-order valence-electron chi connectivity index (χ3n) is 3.59. The zero-order valence-electron chi connectivity index (χ0n) is 10.2. The lowest BCUT2D eigenvalue weighted by molar-refractivity contribution is -0.0420. The van der Waals surface area contributed by atoms with E-state index in [2.05, 4.69) is 5.32 Å². The molecule has 2 N–H and O–H groups in total. The lowest BCUT2D eigenvalue weighted by Gasteiger charge is -2.39. The van der Waals surface area contributed by atoms with Crippen LogP contribution in [0.15, 0.2) is 18.2 Å². The predicted molar refractivity (Wildman–Crippen MR) is 63.5 cm³/mol. The molecule has 1 aliphatic rings. The molecule has 0 radical (unpaired) electrons. The molecular weight excluding hydrogens is 221 g/mol. The van der Waals surface area contributed by atoms with Gasteiger partial charge in [0.15, 0.2) is 0 Å². The standard InChI is InChI=1S/C13H18FNO2/c1-9-8-15-6-5-13(9,16)11-4-3-10(17-2)7-12(11)14/h3-4,7,9,15-16H,5-6,8H2,1-2H3. The largest absolute Gasteiger partial charge is 0.497 e. The first-order chi connectivity index (χ1) is 8.08. The van der Waals surface area contributed by atoms with Gasteiger partial charge in [0, 0.05) is 24.1 Å². The van der Waals surface area contributed by atoms with Gasteiger partial charge in [0.1, 0.15) is 11.6 Å².